The summed E-state index contributed by atoms with van der Waals surface area (Å²) < 4.78 is 11.8. The number of aryl methyl sites for hydroxylation is 2. The van der Waals surface area contributed by atoms with E-state index in [1.165, 1.54) is 4.90 Å². The first-order chi connectivity index (χ1) is 15.0. The molecule has 1 fully saturated rings. The third-order valence-electron chi connectivity index (χ3n) is 5.53. The van der Waals surface area contributed by atoms with Crippen molar-refractivity contribution >= 4 is 16.4 Å². The molecule has 1 aliphatic carbocycles. The van der Waals surface area contributed by atoms with Gasteiger partial charge in [-0.15, -0.1) is 0 Å². The average molecular weight is 432 g/mol. The van der Waals surface area contributed by atoms with E-state index in [1.807, 2.05) is 44.2 Å². The van der Waals surface area contributed by atoms with Gasteiger partial charge in [-0.25, -0.2) is 4.79 Å². The normalized spacial score (nSPS) is 14.5. The maximum atomic E-state index is 12.7. The van der Waals surface area contributed by atoms with Crippen molar-refractivity contribution in [1.82, 2.24) is 0 Å². The number of rotatable bonds is 5. The molecule has 4 rings (SSSR count). The molecule has 0 N–H and O–H groups in total. The van der Waals surface area contributed by atoms with Crippen LogP contribution in [0.5, 0.6) is 5.75 Å². The van der Waals surface area contributed by atoms with Gasteiger partial charge < -0.3 is 9.47 Å². The fourth-order valence-corrected chi connectivity index (χ4v) is 5.57. The number of benzene rings is 2. The van der Waals surface area contributed by atoms with E-state index in [4.69, 9.17) is 9.47 Å². The van der Waals surface area contributed by atoms with E-state index in [0.29, 0.717) is 0 Å². The van der Waals surface area contributed by atoms with Crippen molar-refractivity contribution in [2.24, 2.45) is 0 Å². The Morgan fingerprint density at radius 2 is 1.65 bits per heavy atom. The molecule has 2 aromatic carbocycles. The van der Waals surface area contributed by atoms with Crippen molar-refractivity contribution in [3.63, 3.8) is 0 Å². The standard InChI is InChI=1S/C27H27O3S/c1-21-18-24(31-16-8-9-17-31)19-22(2)26(21)29-20-25(28)30-27(13-6-7-14-27)15-12-23-10-4-3-5-11-23/h3-5,8-11,16-19H,6-7,13-14,20H2,1-2H3/q+1. The van der Waals surface area contributed by atoms with E-state index in [0.717, 1.165) is 48.1 Å². The molecule has 1 heterocycles. The zero-order chi connectivity index (χ0) is 21.7. The summed E-state index contributed by atoms with van der Waals surface area (Å²) in [5.41, 5.74) is 2.29. The summed E-state index contributed by atoms with van der Waals surface area (Å²) >= 11 is 0. The first-order valence-electron chi connectivity index (χ1n) is 10.7. The van der Waals surface area contributed by atoms with Crippen LogP contribution in [0.4, 0.5) is 0 Å². The lowest BCUT2D eigenvalue weighted by atomic mass is 10.0. The third kappa shape index (κ3) is 5.18. The van der Waals surface area contributed by atoms with Crippen LogP contribution in [0.3, 0.4) is 0 Å². The SMILES string of the molecule is Cc1cc(-[s+]2cccc2)cc(C)c1OCC(=O)OC1(C#Cc2ccccc2)CCCC1. The van der Waals surface area contributed by atoms with Crippen molar-refractivity contribution in [2.45, 2.75) is 45.1 Å². The van der Waals surface area contributed by atoms with E-state index in [1.54, 1.807) is 0 Å². The highest BCUT2D eigenvalue weighted by molar-refractivity contribution is 7.36. The van der Waals surface area contributed by atoms with E-state index >= 15 is 0 Å². The molecule has 0 bridgehead atoms. The minimum Gasteiger partial charge on any atom is -0.481 e. The lowest BCUT2D eigenvalue weighted by Gasteiger charge is -2.23. The second-order valence-corrected chi connectivity index (χ2v) is 9.75. The van der Waals surface area contributed by atoms with Gasteiger partial charge in [0.2, 0.25) is 0 Å². The van der Waals surface area contributed by atoms with Crippen molar-refractivity contribution in [3.05, 3.63) is 82.0 Å². The molecule has 4 heteroatoms. The molecule has 3 nitrogen and oxygen atoms in total. The molecule has 1 aliphatic rings. The number of ether oxygens (including phenoxy) is 2. The Morgan fingerprint density at radius 3 is 2.29 bits per heavy atom. The van der Waals surface area contributed by atoms with Gasteiger partial charge in [0.15, 0.2) is 17.1 Å². The van der Waals surface area contributed by atoms with Crippen LogP contribution >= 0.6 is 10.5 Å². The molecule has 0 aliphatic heterocycles. The molecule has 0 atom stereocenters. The molecule has 0 unspecified atom stereocenters. The van der Waals surface area contributed by atoms with Crippen LogP contribution < -0.4 is 4.74 Å². The Bertz CT molecular complexity index is 1080. The number of thiophene rings is 1. The number of hydrogen-bond donors (Lipinski definition) is 0. The third-order valence-corrected chi connectivity index (χ3v) is 7.21. The van der Waals surface area contributed by atoms with Gasteiger partial charge >= 0.3 is 5.97 Å². The zero-order valence-electron chi connectivity index (χ0n) is 18.0. The van der Waals surface area contributed by atoms with Crippen LogP contribution in [0.1, 0.15) is 42.4 Å². The molecular weight excluding hydrogens is 404 g/mol. The van der Waals surface area contributed by atoms with Crippen LogP contribution in [-0.4, -0.2) is 18.2 Å². The minimum absolute atomic E-state index is 0.0170. The molecule has 31 heavy (non-hydrogen) atoms. The second-order valence-electron chi connectivity index (χ2n) is 8.00. The van der Waals surface area contributed by atoms with Gasteiger partial charge in [0.1, 0.15) is 16.5 Å². The highest BCUT2D eigenvalue weighted by Gasteiger charge is 2.36. The van der Waals surface area contributed by atoms with Crippen molar-refractivity contribution < 1.29 is 14.3 Å². The van der Waals surface area contributed by atoms with E-state index in [-0.39, 0.29) is 23.0 Å². The molecule has 158 valence electrons. The summed E-state index contributed by atoms with van der Waals surface area (Å²) in [4.78, 5) is 13.9. The van der Waals surface area contributed by atoms with Crippen LogP contribution in [0.25, 0.3) is 4.90 Å². The van der Waals surface area contributed by atoms with Gasteiger partial charge in [-0.2, -0.15) is 0 Å². The van der Waals surface area contributed by atoms with Crippen LogP contribution in [0, 0.1) is 25.7 Å². The first kappa shape index (κ1) is 21.2. The smallest absolute Gasteiger partial charge is 0.345 e. The summed E-state index contributed by atoms with van der Waals surface area (Å²) in [6.45, 7) is 3.93. The highest BCUT2D eigenvalue weighted by Crippen LogP contribution is 2.36. The van der Waals surface area contributed by atoms with Crippen LogP contribution in [0.2, 0.25) is 0 Å². The quantitative estimate of drug-likeness (QED) is 0.269. The summed E-state index contributed by atoms with van der Waals surface area (Å²) in [5, 5.41) is 4.40. The predicted octanol–water partition coefficient (Wildman–Crippen LogP) is 6.33. The minimum atomic E-state index is -0.702. The number of carbonyl (C=O) groups is 1. The second kappa shape index (κ2) is 9.41. The molecule has 3 aromatic rings. The largest absolute Gasteiger partial charge is 0.481 e. The van der Waals surface area contributed by atoms with Crippen molar-refractivity contribution in [3.8, 4) is 22.5 Å². The lowest BCUT2D eigenvalue weighted by molar-refractivity contribution is -0.156. The maximum Gasteiger partial charge on any atom is 0.345 e. The summed E-state index contributed by atoms with van der Waals surface area (Å²) in [6.07, 6.45) is 3.58. The summed E-state index contributed by atoms with van der Waals surface area (Å²) in [7, 11) is 0.0170. The zero-order valence-corrected chi connectivity index (χ0v) is 18.8. The average Bonchev–Trinajstić information content (AvgIpc) is 3.45. The molecule has 0 amide bonds. The van der Waals surface area contributed by atoms with E-state index in [9.17, 15) is 4.79 Å². The van der Waals surface area contributed by atoms with Gasteiger partial charge in [-0.3, -0.25) is 0 Å². The molecule has 1 saturated carbocycles. The molecular formula is C27H27O3S+. The van der Waals surface area contributed by atoms with Gasteiger partial charge in [-0.1, -0.05) is 24.1 Å². The van der Waals surface area contributed by atoms with Gasteiger partial charge in [0.05, 0.1) is 0 Å². The predicted molar refractivity (Wildman–Crippen MR) is 126 cm³/mol. The molecule has 0 radical (unpaired) electrons. The summed E-state index contributed by atoms with van der Waals surface area (Å²) in [6, 6.07) is 18.2. The monoisotopic (exact) mass is 431 g/mol. The lowest BCUT2D eigenvalue weighted by Crippen LogP contribution is -2.32. The van der Waals surface area contributed by atoms with Crippen LogP contribution in [0.15, 0.2) is 65.4 Å². The van der Waals surface area contributed by atoms with Crippen LogP contribution in [-0.2, 0) is 9.53 Å². The van der Waals surface area contributed by atoms with Gasteiger partial charge in [0.25, 0.3) is 0 Å². The fourth-order valence-electron chi connectivity index (χ4n) is 4.02. The summed E-state index contributed by atoms with van der Waals surface area (Å²) in [5.74, 6) is 6.81. The highest BCUT2D eigenvalue weighted by atomic mass is 32.2. The molecule has 0 spiro atoms. The number of hydrogen-bond acceptors (Lipinski definition) is 3. The van der Waals surface area contributed by atoms with Gasteiger partial charge in [0, 0.05) is 28.2 Å². The number of esters is 1. The van der Waals surface area contributed by atoms with Gasteiger partial charge in [-0.05, 0) is 80.8 Å². The van der Waals surface area contributed by atoms with E-state index in [2.05, 4.69) is 46.9 Å². The molecule has 1 aromatic heterocycles. The Morgan fingerprint density at radius 1 is 1.00 bits per heavy atom. The fraction of sp³-hybridized carbons (Fsp3) is 0.296. The Balaban J connectivity index is 1.43. The van der Waals surface area contributed by atoms with Crippen molar-refractivity contribution in [2.75, 3.05) is 6.61 Å². The maximum absolute atomic E-state index is 12.7. The Labute approximate surface area is 187 Å². The Kier molecular flexibility index (Phi) is 6.44. The van der Waals surface area contributed by atoms with E-state index < -0.39 is 5.60 Å². The molecule has 0 saturated heterocycles. The van der Waals surface area contributed by atoms with Crippen molar-refractivity contribution in [1.29, 1.82) is 0 Å². The topological polar surface area (TPSA) is 35.5 Å². The first-order valence-corrected chi connectivity index (χ1v) is 12.0. The number of carbonyl (C=O) groups excluding carboxylic acids is 1. The Hall–Kier alpha value is -3.03.